The largest absolute Gasteiger partial charge is 0.356 e. The molecule has 0 unspecified atom stereocenters. The quantitative estimate of drug-likeness (QED) is 0.740. The zero-order chi connectivity index (χ0) is 9.26. The minimum Gasteiger partial charge on any atom is -0.356 e. The molecule has 3 heteroatoms. The van der Waals surface area contributed by atoms with E-state index in [9.17, 15) is 0 Å². The minimum absolute atomic E-state index is 0.0814. The number of rotatable bonds is 2. The van der Waals surface area contributed by atoms with Crippen LogP contribution in [0.2, 0.25) is 0 Å². The molecule has 0 spiro atoms. The van der Waals surface area contributed by atoms with E-state index in [1.807, 2.05) is 13.1 Å². The maximum Gasteiger partial charge on any atom is 0.128 e. The summed E-state index contributed by atoms with van der Waals surface area (Å²) in [4.78, 5) is 6.64. The van der Waals surface area contributed by atoms with Crippen LogP contribution in [0.25, 0.3) is 0 Å². The van der Waals surface area contributed by atoms with Gasteiger partial charge in [0.1, 0.15) is 5.82 Å². The van der Waals surface area contributed by atoms with E-state index in [0.29, 0.717) is 0 Å². The van der Waals surface area contributed by atoms with Gasteiger partial charge in [0.15, 0.2) is 0 Å². The summed E-state index contributed by atoms with van der Waals surface area (Å²) in [5.74, 6) is 1.08. The fourth-order valence-electron chi connectivity index (χ4n) is 1.40. The second-order valence-corrected chi connectivity index (χ2v) is 3.58. The molecule has 3 nitrogen and oxygen atoms in total. The van der Waals surface area contributed by atoms with Gasteiger partial charge in [-0.1, -0.05) is 6.07 Å². The molecule has 1 saturated heterocycles. The molecular formula is C10H15N3. The second kappa shape index (κ2) is 3.34. The average molecular weight is 177 g/mol. The zero-order valence-corrected chi connectivity index (χ0v) is 7.90. The van der Waals surface area contributed by atoms with Crippen LogP contribution in [0.5, 0.6) is 0 Å². The van der Waals surface area contributed by atoms with Gasteiger partial charge in [-0.15, -0.1) is 0 Å². The third-order valence-electron chi connectivity index (χ3n) is 2.48. The highest BCUT2D eigenvalue weighted by molar-refractivity contribution is 5.41. The first-order chi connectivity index (χ1) is 6.27. The Morgan fingerprint density at radius 1 is 1.46 bits per heavy atom. The van der Waals surface area contributed by atoms with Crippen molar-refractivity contribution in [1.29, 1.82) is 0 Å². The number of hydrogen-bond acceptors (Lipinski definition) is 3. The maximum atomic E-state index is 5.73. The number of nitrogens with zero attached hydrogens (tertiary/aromatic N) is 2. The van der Waals surface area contributed by atoms with E-state index in [1.54, 1.807) is 0 Å². The smallest absolute Gasteiger partial charge is 0.128 e. The van der Waals surface area contributed by atoms with Crippen LogP contribution in [0.15, 0.2) is 18.3 Å². The van der Waals surface area contributed by atoms with Crippen molar-refractivity contribution >= 4 is 5.82 Å². The van der Waals surface area contributed by atoms with E-state index in [2.05, 4.69) is 22.0 Å². The van der Waals surface area contributed by atoms with Gasteiger partial charge in [0, 0.05) is 25.3 Å². The molecule has 2 heterocycles. The van der Waals surface area contributed by atoms with E-state index in [4.69, 9.17) is 5.73 Å². The minimum atomic E-state index is 0.0814. The molecule has 0 aromatic carbocycles. The standard InChI is InChI=1S/C10H15N3/c1-8(11)9-3-4-10(12-7-9)13-5-2-6-13/h3-4,7-8H,2,5-6,11H2,1H3/t8-/m0/s1. The molecule has 13 heavy (non-hydrogen) atoms. The lowest BCUT2D eigenvalue weighted by Gasteiger charge is -2.32. The molecule has 1 atom stereocenters. The lowest BCUT2D eigenvalue weighted by atomic mass is 10.1. The fraction of sp³-hybridized carbons (Fsp3) is 0.500. The number of nitrogens with two attached hydrogens (primary N) is 1. The molecule has 1 aliphatic rings. The highest BCUT2D eigenvalue weighted by atomic mass is 15.2. The molecule has 0 radical (unpaired) electrons. The Hall–Kier alpha value is -1.09. The molecule has 1 aromatic rings. The number of aromatic nitrogens is 1. The van der Waals surface area contributed by atoms with Crippen LogP contribution >= 0.6 is 0 Å². The van der Waals surface area contributed by atoms with Crippen molar-refractivity contribution in [2.75, 3.05) is 18.0 Å². The Kier molecular flexibility index (Phi) is 2.19. The Labute approximate surface area is 78.6 Å². The van der Waals surface area contributed by atoms with Crippen LogP contribution in [-0.2, 0) is 0 Å². The van der Waals surface area contributed by atoms with Gasteiger partial charge in [-0.2, -0.15) is 0 Å². The van der Waals surface area contributed by atoms with E-state index < -0.39 is 0 Å². The van der Waals surface area contributed by atoms with Crippen molar-refractivity contribution in [3.8, 4) is 0 Å². The first kappa shape index (κ1) is 8.51. The van der Waals surface area contributed by atoms with E-state index in [1.165, 1.54) is 6.42 Å². The Balaban J connectivity index is 2.13. The molecule has 1 aromatic heterocycles. The Morgan fingerprint density at radius 3 is 2.62 bits per heavy atom. The Morgan fingerprint density at radius 2 is 2.23 bits per heavy atom. The predicted molar refractivity (Wildman–Crippen MR) is 53.7 cm³/mol. The van der Waals surface area contributed by atoms with Gasteiger partial charge in [0.2, 0.25) is 0 Å². The van der Waals surface area contributed by atoms with Crippen LogP contribution in [-0.4, -0.2) is 18.1 Å². The highest BCUT2D eigenvalue weighted by Crippen LogP contribution is 2.18. The van der Waals surface area contributed by atoms with Gasteiger partial charge in [-0.05, 0) is 25.0 Å². The predicted octanol–water partition coefficient (Wildman–Crippen LogP) is 1.31. The molecule has 1 fully saturated rings. The molecule has 0 saturated carbocycles. The maximum absolute atomic E-state index is 5.73. The van der Waals surface area contributed by atoms with Crippen LogP contribution in [0, 0.1) is 0 Å². The van der Waals surface area contributed by atoms with Crippen molar-refractivity contribution in [3.05, 3.63) is 23.9 Å². The average Bonchev–Trinajstić information content (AvgIpc) is 2.02. The second-order valence-electron chi connectivity index (χ2n) is 3.58. The van der Waals surface area contributed by atoms with Gasteiger partial charge >= 0.3 is 0 Å². The summed E-state index contributed by atoms with van der Waals surface area (Å²) >= 11 is 0. The monoisotopic (exact) mass is 177 g/mol. The summed E-state index contributed by atoms with van der Waals surface area (Å²) in [6.07, 6.45) is 3.16. The molecular weight excluding hydrogens is 162 g/mol. The Bertz CT molecular complexity index is 275. The number of hydrogen-bond donors (Lipinski definition) is 1. The molecule has 2 rings (SSSR count). The normalized spacial score (nSPS) is 18.2. The van der Waals surface area contributed by atoms with Crippen LogP contribution in [0.1, 0.15) is 24.9 Å². The van der Waals surface area contributed by atoms with Gasteiger partial charge in [-0.3, -0.25) is 0 Å². The third kappa shape index (κ3) is 1.65. The summed E-state index contributed by atoms with van der Waals surface area (Å²) in [6.45, 7) is 4.26. The SMILES string of the molecule is C[C@H](N)c1ccc(N2CCC2)nc1. The lowest BCUT2D eigenvalue weighted by molar-refractivity contribution is 0.609. The van der Waals surface area contributed by atoms with Crippen LogP contribution in [0.3, 0.4) is 0 Å². The summed E-state index contributed by atoms with van der Waals surface area (Å²) < 4.78 is 0. The lowest BCUT2D eigenvalue weighted by Crippen LogP contribution is -2.37. The van der Waals surface area contributed by atoms with Gasteiger partial charge in [0.25, 0.3) is 0 Å². The van der Waals surface area contributed by atoms with Crippen LogP contribution < -0.4 is 10.6 Å². The van der Waals surface area contributed by atoms with Crippen LogP contribution in [0.4, 0.5) is 5.82 Å². The van der Waals surface area contributed by atoms with Crippen molar-refractivity contribution in [2.24, 2.45) is 5.73 Å². The third-order valence-corrected chi connectivity index (χ3v) is 2.48. The zero-order valence-electron chi connectivity index (χ0n) is 7.90. The summed E-state index contributed by atoms with van der Waals surface area (Å²) in [5.41, 5.74) is 6.83. The summed E-state index contributed by atoms with van der Waals surface area (Å²) in [5, 5.41) is 0. The molecule has 0 amide bonds. The van der Waals surface area contributed by atoms with Gasteiger partial charge in [0.05, 0.1) is 0 Å². The molecule has 70 valence electrons. The van der Waals surface area contributed by atoms with Gasteiger partial charge < -0.3 is 10.6 Å². The first-order valence-electron chi connectivity index (χ1n) is 4.74. The molecule has 0 bridgehead atoms. The number of pyridine rings is 1. The first-order valence-corrected chi connectivity index (χ1v) is 4.74. The fourth-order valence-corrected chi connectivity index (χ4v) is 1.40. The summed E-state index contributed by atoms with van der Waals surface area (Å²) in [6, 6.07) is 4.20. The van der Waals surface area contributed by atoms with E-state index in [0.717, 1.165) is 24.5 Å². The highest BCUT2D eigenvalue weighted by Gasteiger charge is 2.15. The van der Waals surface area contributed by atoms with Gasteiger partial charge in [-0.25, -0.2) is 4.98 Å². The molecule has 0 aliphatic carbocycles. The molecule has 2 N–H and O–H groups in total. The van der Waals surface area contributed by atoms with Crippen molar-refractivity contribution < 1.29 is 0 Å². The summed E-state index contributed by atoms with van der Waals surface area (Å²) in [7, 11) is 0. The van der Waals surface area contributed by atoms with Crippen molar-refractivity contribution in [1.82, 2.24) is 4.98 Å². The molecule has 1 aliphatic heterocycles. The van der Waals surface area contributed by atoms with E-state index >= 15 is 0 Å². The number of anilines is 1. The van der Waals surface area contributed by atoms with E-state index in [-0.39, 0.29) is 6.04 Å². The topological polar surface area (TPSA) is 42.1 Å². The van der Waals surface area contributed by atoms with Crippen molar-refractivity contribution in [2.45, 2.75) is 19.4 Å². The van der Waals surface area contributed by atoms with Crippen molar-refractivity contribution in [3.63, 3.8) is 0 Å².